The third-order valence-corrected chi connectivity index (χ3v) is 5.14. The molecule has 0 spiro atoms. The number of carbonyl (C=O) groups is 1. The number of rotatable bonds is 9. The maximum Gasteiger partial charge on any atom is 0.225 e. The Kier molecular flexibility index (Phi) is 12.9. The SMILES string of the molecule is CCNC(=NCC(c1ccc(OC)cc1)N1CCOCC1)NCCNC(=O)C(C)(C)C.I. The number of ether oxygens (including phenoxy) is 2. The van der Waals surface area contributed by atoms with Crippen LogP contribution in [0.25, 0.3) is 0 Å². The van der Waals surface area contributed by atoms with E-state index < -0.39 is 0 Å². The van der Waals surface area contributed by atoms with Crippen molar-refractivity contribution < 1.29 is 14.3 Å². The fourth-order valence-corrected chi connectivity index (χ4v) is 3.29. The van der Waals surface area contributed by atoms with Crippen LogP contribution in [0.1, 0.15) is 39.3 Å². The van der Waals surface area contributed by atoms with Crippen LogP contribution in [-0.2, 0) is 9.53 Å². The Morgan fingerprint density at radius 3 is 2.31 bits per heavy atom. The van der Waals surface area contributed by atoms with Gasteiger partial charge in [0.25, 0.3) is 0 Å². The minimum absolute atomic E-state index is 0. The van der Waals surface area contributed by atoms with Crippen LogP contribution in [0.15, 0.2) is 29.3 Å². The molecule has 0 radical (unpaired) electrons. The zero-order chi connectivity index (χ0) is 22.7. The van der Waals surface area contributed by atoms with Crippen molar-refractivity contribution in [1.29, 1.82) is 0 Å². The van der Waals surface area contributed by atoms with Crippen LogP contribution in [0.2, 0.25) is 0 Å². The van der Waals surface area contributed by atoms with Crippen molar-refractivity contribution in [3.05, 3.63) is 29.8 Å². The lowest BCUT2D eigenvalue weighted by Crippen LogP contribution is -2.44. The quantitative estimate of drug-likeness (QED) is 0.186. The van der Waals surface area contributed by atoms with E-state index in [1.165, 1.54) is 5.56 Å². The predicted octanol–water partition coefficient (Wildman–Crippen LogP) is 2.40. The van der Waals surface area contributed by atoms with Crippen molar-refractivity contribution in [2.75, 3.05) is 59.6 Å². The molecule has 1 aliphatic heterocycles. The molecule has 8 nitrogen and oxygen atoms in total. The number of hydrogen-bond donors (Lipinski definition) is 3. The van der Waals surface area contributed by atoms with Gasteiger partial charge in [0, 0.05) is 38.1 Å². The molecule has 1 atom stereocenters. The number of hydrogen-bond acceptors (Lipinski definition) is 5. The number of morpholine rings is 1. The summed E-state index contributed by atoms with van der Waals surface area (Å²) in [5.41, 5.74) is 0.822. The molecule has 1 saturated heterocycles. The minimum atomic E-state index is -0.387. The van der Waals surface area contributed by atoms with Crippen molar-refractivity contribution in [2.24, 2.45) is 10.4 Å². The van der Waals surface area contributed by atoms with E-state index in [4.69, 9.17) is 14.5 Å². The lowest BCUT2D eigenvalue weighted by molar-refractivity contribution is -0.128. The summed E-state index contributed by atoms with van der Waals surface area (Å²) in [4.78, 5) is 19.3. The highest BCUT2D eigenvalue weighted by Crippen LogP contribution is 2.24. The van der Waals surface area contributed by atoms with Crippen LogP contribution < -0.4 is 20.7 Å². The van der Waals surface area contributed by atoms with Gasteiger partial charge < -0.3 is 25.4 Å². The molecule has 1 aliphatic rings. The topological polar surface area (TPSA) is 87.2 Å². The Bertz CT molecular complexity index is 701. The molecule has 1 fully saturated rings. The molecule has 0 aromatic heterocycles. The lowest BCUT2D eigenvalue weighted by atomic mass is 9.96. The van der Waals surface area contributed by atoms with Crippen LogP contribution >= 0.6 is 24.0 Å². The highest BCUT2D eigenvalue weighted by atomic mass is 127. The van der Waals surface area contributed by atoms with Gasteiger partial charge in [-0.25, -0.2) is 0 Å². The van der Waals surface area contributed by atoms with Crippen molar-refractivity contribution in [3.63, 3.8) is 0 Å². The summed E-state index contributed by atoms with van der Waals surface area (Å²) in [5.74, 6) is 1.64. The number of carbonyl (C=O) groups excluding carboxylic acids is 1. The van der Waals surface area contributed by atoms with Gasteiger partial charge in [-0.3, -0.25) is 14.7 Å². The van der Waals surface area contributed by atoms with Gasteiger partial charge in [0.05, 0.1) is 32.9 Å². The summed E-state index contributed by atoms with van der Waals surface area (Å²) in [6.07, 6.45) is 0. The average Bonchev–Trinajstić information content (AvgIpc) is 2.77. The van der Waals surface area contributed by atoms with Crippen molar-refractivity contribution in [2.45, 2.75) is 33.7 Å². The molecule has 9 heteroatoms. The molecule has 1 amide bonds. The lowest BCUT2D eigenvalue weighted by Gasteiger charge is -2.34. The van der Waals surface area contributed by atoms with Gasteiger partial charge in [-0.05, 0) is 24.6 Å². The zero-order valence-corrected chi connectivity index (χ0v) is 22.4. The summed E-state index contributed by atoms with van der Waals surface area (Å²) in [5, 5.41) is 9.56. The van der Waals surface area contributed by atoms with E-state index in [9.17, 15) is 4.79 Å². The standard InChI is InChI=1S/C23H39N5O3.HI/c1-6-24-22(26-12-11-25-21(29)23(2,3)4)27-17-20(28-13-15-31-16-14-28)18-7-9-19(30-5)10-8-18;/h7-10,20H,6,11-17H2,1-5H3,(H,25,29)(H2,24,26,27);1H. The molecule has 1 aromatic carbocycles. The molecule has 182 valence electrons. The maximum atomic E-state index is 12.0. The van der Waals surface area contributed by atoms with E-state index in [1.807, 2.05) is 39.8 Å². The molecule has 0 bridgehead atoms. The predicted molar refractivity (Wildman–Crippen MR) is 140 cm³/mol. The fraction of sp³-hybridized carbons (Fsp3) is 0.652. The Hall–Kier alpha value is -1.59. The summed E-state index contributed by atoms with van der Waals surface area (Å²) < 4.78 is 10.8. The number of guanidine groups is 1. The number of halogens is 1. The van der Waals surface area contributed by atoms with Crippen LogP contribution in [0.3, 0.4) is 0 Å². The Balaban J connectivity index is 0.00000512. The van der Waals surface area contributed by atoms with E-state index >= 15 is 0 Å². The molecule has 1 heterocycles. The van der Waals surface area contributed by atoms with Gasteiger partial charge in [-0.2, -0.15) is 0 Å². The third kappa shape index (κ3) is 9.50. The Labute approximate surface area is 209 Å². The number of nitrogens with one attached hydrogen (secondary N) is 3. The first-order valence-electron chi connectivity index (χ1n) is 11.1. The van der Waals surface area contributed by atoms with Gasteiger partial charge in [-0.15, -0.1) is 24.0 Å². The largest absolute Gasteiger partial charge is 0.497 e. The second-order valence-corrected chi connectivity index (χ2v) is 8.59. The Morgan fingerprint density at radius 1 is 1.12 bits per heavy atom. The van der Waals surface area contributed by atoms with E-state index in [0.29, 0.717) is 19.6 Å². The van der Waals surface area contributed by atoms with Gasteiger partial charge in [-0.1, -0.05) is 32.9 Å². The molecule has 3 N–H and O–H groups in total. The summed E-state index contributed by atoms with van der Waals surface area (Å²) >= 11 is 0. The molecular weight excluding hydrogens is 521 g/mol. The zero-order valence-electron chi connectivity index (χ0n) is 20.1. The van der Waals surface area contributed by atoms with Crippen LogP contribution in [-0.4, -0.2) is 76.4 Å². The smallest absolute Gasteiger partial charge is 0.225 e. The van der Waals surface area contributed by atoms with Crippen molar-refractivity contribution >= 4 is 35.8 Å². The Morgan fingerprint density at radius 2 is 1.75 bits per heavy atom. The van der Waals surface area contributed by atoms with Crippen LogP contribution in [0.5, 0.6) is 5.75 Å². The molecule has 0 saturated carbocycles. The number of amides is 1. The molecule has 0 aliphatic carbocycles. The summed E-state index contributed by atoms with van der Waals surface area (Å²) in [6.45, 7) is 13.6. The average molecular weight is 562 g/mol. The molecule has 1 unspecified atom stereocenters. The monoisotopic (exact) mass is 561 g/mol. The second kappa shape index (κ2) is 14.5. The first kappa shape index (κ1) is 28.4. The fourth-order valence-electron chi connectivity index (χ4n) is 3.29. The van der Waals surface area contributed by atoms with Gasteiger partial charge in [0.15, 0.2) is 5.96 Å². The van der Waals surface area contributed by atoms with Crippen LogP contribution in [0, 0.1) is 5.41 Å². The summed E-state index contributed by atoms with van der Waals surface area (Å²) in [7, 11) is 1.68. The highest BCUT2D eigenvalue weighted by molar-refractivity contribution is 14.0. The van der Waals surface area contributed by atoms with E-state index in [0.717, 1.165) is 44.6 Å². The van der Waals surface area contributed by atoms with Crippen LogP contribution in [0.4, 0.5) is 0 Å². The first-order valence-corrected chi connectivity index (χ1v) is 11.1. The van der Waals surface area contributed by atoms with E-state index in [2.05, 4.69) is 33.0 Å². The van der Waals surface area contributed by atoms with Crippen molar-refractivity contribution in [1.82, 2.24) is 20.9 Å². The number of nitrogens with zero attached hydrogens (tertiary/aromatic N) is 2. The van der Waals surface area contributed by atoms with Gasteiger partial charge >= 0.3 is 0 Å². The van der Waals surface area contributed by atoms with Gasteiger partial charge in [0.1, 0.15) is 5.75 Å². The highest BCUT2D eigenvalue weighted by Gasteiger charge is 2.23. The third-order valence-electron chi connectivity index (χ3n) is 5.14. The van der Waals surface area contributed by atoms with Crippen molar-refractivity contribution in [3.8, 4) is 5.75 Å². The van der Waals surface area contributed by atoms with Gasteiger partial charge in [0.2, 0.25) is 5.91 Å². The number of benzene rings is 1. The normalized spacial score (nSPS) is 16.0. The van der Waals surface area contributed by atoms with E-state index in [-0.39, 0.29) is 41.3 Å². The van der Waals surface area contributed by atoms with E-state index in [1.54, 1.807) is 7.11 Å². The maximum absolute atomic E-state index is 12.0. The molecule has 1 aromatic rings. The molecular formula is C23H40IN5O3. The molecule has 32 heavy (non-hydrogen) atoms. The second-order valence-electron chi connectivity index (χ2n) is 8.59. The number of methoxy groups -OCH3 is 1. The first-order chi connectivity index (χ1) is 14.8. The summed E-state index contributed by atoms with van der Waals surface area (Å²) in [6, 6.07) is 8.36. The minimum Gasteiger partial charge on any atom is -0.497 e. The number of aliphatic imine (C=N–C) groups is 1. The molecule has 2 rings (SSSR count).